The lowest BCUT2D eigenvalue weighted by Gasteiger charge is -2.26. The summed E-state index contributed by atoms with van der Waals surface area (Å²) in [4.78, 5) is 17.7. The first kappa shape index (κ1) is 19.9. The summed E-state index contributed by atoms with van der Waals surface area (Å²) in [5.41, 5.74) is 3.50. The van der Waals surface area contributed by atoms with E-state index in [-0.39, 0.29) is 17.0 Å². The molecule has 5 rings (SSSR count). The summed E-state index contributed by atoms with van der Waals surface area (Å²) in [7, 11) is 0. The van der Waals surface area contributed by atoms with E-state index in [0.717, 1.165) is 22.5 Å². The Morgan fingerprint density at radius 2 is 2.13 bits per heavy atom. The van der Waals surface area contributed by atoms with Crippen LogP contribution in [-0.4, -0.2) is 39.9 Å². The van der Waals surface area contributed by atoms with E-state index in [0.29, 0.717) is 29.4 Å². The molecule has 158 valence electrons. The quantitative estimate of drug-likeness (QED) is 0.462. The number of benzene rings is 1. The van der Waals surface area contributed by atoms with E-state index in [1.165, 1.54) is 23.5 Å². The van der Waals surface area contributed by atoms with Crippen molar-refractivity contribution in [2.75, 3.05) is 18.5 Å². The second-order valence-electron chi connectivity index (χ2n) is 7.22. The Balaban J connectivity index is 1.42. The van der Waals surface area contributed by atoms with Gasteiger partial charge in [-0.1, -0.05) is 11.6 Å². The third-order valence-corrected chi connectivity index (χ3v) is 6.19. The molecule has 1 amide bonds. The summed E-state index contributed by atoms with van der Waals surface area (Å²) in [6.07, 6.45) is 1.71. The van der Waals surface area contributed by atoms with Crippen LogP contribution in [0, 0.1) is 12.7 Å². The number of ether oxygens (including phenoxy) is 1. The zero-order chi connectivity index (χ0) is 21.5. The van der Waals surface area contributed by atoms with E-state index in [1.807, 2.05) is 18.4 Å². The maximum Gasteiger partial charge on any atom is 0.261 e. The third kappa shape index (κ3) is 3.87. The molecule has 3 aromatic heterocycles. The van der Waals surface area contributed by atoms with Crippen molar-refractivity contribution in [1.29, 1.82) is 0 Å². The molecule has 1 aromatic carbocycles. The number of halogens is 2. The normalized spacial score (nSPS) is 13.9. The molecule has 7 nitrogen and oxygen atoms in total. The van der Waals surface area contributed by atoms with Gasteiger partial charge in [0.25, 0.3) is 5.91 Å². The Labute approximate surface area is 185 Å². The van der Waals surface area contributed by atoms with Crippen LogP contribution in [0.15, 0.2) is 41.9 Å². The van der Waals surface area contributed by atoms with Gasteiger partial charge >= 0.3 is 0 Å². The van der Waals surface area contributed by atoms with Gasteiger partial charge in [0.2, 0.25) is 0 Å². The molecule has 0 unspecified atom stereocenters. The van der Waals surface area contributed by atoms with E-state index in [1.54, 1.807) is 23.0 Å². The lowest BCUT2D eigenvalue weighted by molar-refractivity contribution is -0.00338. The highest BCUT2D eigenvalue weighted by molar-refractivity contribution is 7.12. The van der Waals surface area contributed by atoms with Crippen molar-refractivity contribution in [3.05, 3.63) is 63.3 Å². The zero-order valence-corrected chi connectivity index (χ0v) is 17.9. The van der Waals surface area contributed by atoms with Crippen LogP contribution in [0.4, 0.5) is 15.8 Å². The van der Waals surface area contributed by atoms with Crippen LogP contribution in [0.3, 0.4) is 0 Å². The molecule has 0 radical (unpaired) electrons. The summed E-state index contributed by atoms with van der Waals surface area (Å²) >= 11 is 7.48. The first-order chi connectivity index (χ1) is 15.0. The molecule has 2 N–H and O–H groups in total. The molecule has 0 aliphatic carbocycles. The van der Waals surface area contributed by atoms with Gasteiger partial charge in [0.05, 0.1) is 58.1 Å². The van der Waals surface area contributed by atoms with Crippen molar-refractivity contribution in [2.24, 2.45) is 0 Å². The molecule has 0 saturated carbocycles. The predicted molar refractivity (Wildman–Crippen MR) is 118 cm³/mol. The summed E-state index contributed by atoms with van der Waals surface area (Å²) < 4.78 is 20.1. The maximum absolute atomic E-state index is 13.3. The van der Waals surface area contributed by atoms with E-state index in [9.17, 15) is 9.18 Å². The molecule has 0 spiro atoms. The summed E-state index contributed by atoms with van der Waals surface area (Å²) in [6, 6.07) is 7.97. The van der Waals surface area contributed by atoms with Gasteiger partial charge in [-0.25, -0.2) is 14.1 Å². The van der Waals surface area contributed by atoms with Crippen molar-refractivity contribution in [3.8, 4) is 5.69 Å². The fourth-order valence-electron chi connectivity index (χ4n) is 3.23. The van der Waals surface area contributed by atoms with Crippen molar-refractivity contribution < 1.29 is 13.9 Å². The third-order valence-electron chi connectivity index (χ3n) is 4.96. The number of carbonyl (C=O) groups excluding carboxylic acids is 1. The number of hydrogen-bond donors (Lipinski definition) is 2. The monoisotopic (exact) mass is 457 g/mol. The van der Waals surface area contributed by atoms with Crippen LogP contribution in [0.1, 0.15) is 15.4 Å². The van der Waals surface area contributed by atoms with Crippen LogP contribution in [0.2, 0.25) is 5.02 Å². The number of amides is 1. The number of anilines is 2. The van der Waals surface area contributed by atoms with Crippen LogP contribution in [0.25, 0.3) is 16.7 Å². The van der Waals surface area contributed by atoms with E-state index < -0.39 is 5.82 Å². The highest BCUT2D eigenvalue weighted by Crippen LogP contribution is 2.30. The minimum Gasteiger partial charge on any atom is -0.377 e. The van der Waals surface area contributed by atoms with Gasteiger partial charge in [-0.05, 0) is 37.3 Å². The SMILES string of the molecule is Cc1nc2c(cnn2-c2csc(C(=O)NC3COC3)c2)cc1Nc1ccc(F)cc1Cl. The lowest BCUT2D eigenvalue weighted by Crippen LogP contribution is -2.48. The first-order valence-corrected chi connectivity index (χ1v) is 10.8. The van der Waals surface area contributed by atoms with Crippen molar-refractivity contribution in [1.82, 2.24) is 20.1 Å². The molecule has 0 atom stereocenters. The largest absolute Gasteiger partial charge is 0.377 e. The lowest BCUT2D eigenvalue weighted by atomic mass is 10.2. The predicted octanol–water partition coefficient (Wildman–Crippen LogP) is 4.46. The van der Waals surface area contributed by atoms with Crippen LogP contribution in [-0.2, 0) is 4.74 Å². The highest BCUT2D eigenvalue weighted by Gasteiger charge is 2.22. The minimum atomic E-state index is -0.396. The number of rotatable bonds is 5. The Morgan fingerprint density at radius 1 is 1.29 bits per heavy atom. The molecule has 1 aliphatic rings. The topological polar surface area (TPSA) is 81.1 Å². The molecule has 1 aliphatic heterocycles. The molecule has 1 saturated heterocycles. The minimum absolute atomic E-state index is 0.0773. The standard InChI is InChI=1S/C21H17ClFN5O2S/c1-11-18(27-17-3-2-13(23)5-16(17)22)4-12-7-24-28(20(12)25-11)15-6-19(31-10-15)21(29)26-14-8-30-9-14/h2-7,10,14,27H,8-9H2,1H3,(H,26,29). The number of aryl methyl sites for hydroxylation is 1. The number of thiophene rings is 1. The van der Waals surface area contributed by atoms with Gasteiger partial charge in [0.15, 0.2) is 5.65 Å². The van der Waals surface area contributed by atoms with Crippen LogP contribution in [0.5, 0.6) is 0 Å². The number of hydrogen-bond acceptors (Lipinski definition) is 6. The summed E-state index contributed by atoms with van der Waals surface area (Å²) in [5, 5.41) is 13.6. The van der Waals surface area contributed by atoms with E-state index >= 15 is 0 Å². The summed E-state index contributed by atoms with van der Waals surface area (Å²) in [5.74, 6) is -0.514. The highest BCUT2D eigenvalue weighted by atomic mass is 35.5. The van der Waals surface area contributed by atoms with E-state index in [4.69, 9.17) is 16.3 Å². The Bertz CT molecular complexity index is 1300. The average Bonchev–Trinajstić information content (AvgIpc) is 3.34. The van der Waals surface area contributed by atoms with Gasteiger partial charge < -0.3 is 15.4 Å². The number of aromatic nitrogens is 3. The fourth-order valence-corrected chi connectivity index (χ4v) is 4.22. The van der Waals surface area contributed by atoms with Crippen molar-refractivity contribution >= 4 is 51.3 Å². The van der Waals surface area contributed by atoms with Crippen LogP contribution >= 0.6 is 22.9 Å². The smallest absolute Gasteiger partial charge is 0.261 e. The van der Waals surface area contributed by atoms with Crippen molar-refractivity contribution in [3.63, 3.8) is 0 Å². The van der Waals surface area contributed by atoms with Crippen molar-refractivity contribution in [2.45, 2.75) is 13.0 Å². The number of nitrogens with one attached hydrogen (secondary N) is 2. The molecule has 31 heavy (non-hydrogen) atoms. The Morgan fingerprint density at radius 3 is 2.87 bits per heavy atom. The Hall–Kier alpha value is -3.01. The van der Waals surface area contributed by atoms with Crippen LogP contribution < -0.4 is 10.6 Å². The van der Waals surface area contributed by atoms with Gasteiger partial charge in [-0.2, -0.15) is 5.10 Å². The molecule has 4 heterocycles. The fraction of sp³-hybridized carbons (Fsp3) is 0.190. The molecule has 0 bridgehead atoms. The molecule has 1 fully saturated rings. The molecular formula is C21H17ClFN5O2S. The van der Waals surface area contributed by atoms with Gasteiger partial charge in [-0.3, -0.25) is 4.79 Å². The molecule has 4 aromatic rings. The van der Waals surface area contributed by atoms with E-state index in [2.05, 4.69) is 20.7 Å². The average molecular weight is 458 g/mol. The number of pyridine rings is 1. The second-order valence-corrected chi connectivity index (χ2v) is 8.54. The van der Waals surface area contributed by atoms with Gasteiger partial charge in [0, 0.05) is 10.8 Å². The van der Waals surface area contributed by atoms with Gasteiger partial charge in [-0.15, -0.1) is 11.3 Å². The number of carbonyl (C=O) groups is 1. The number of nitrogens with zero attached hydrogens (tertiary/aromatic N) is 3. The zero-order valence-electron chi connectivity index (χ0n) is 16.4. The number of fused-ring (bicyclic) bond motifs is 1. The second kappa shape index (κ2) is 7.92. The van der Waals surface area contributed by atoms with Gasteiger partial charge in [0.1, 0.15) is 5.82 Å². The molecule has 10 heteroatoms. The first-order valence-electron chi connectivity index (χ1n) is 9.53. The summed E-state index contributed by atoms with van der Waals surface area (Å²) in [6.45, 7) is 2.97. The Kier molecular flexibility index (Phi) is 5.09. The molecular weight excluding hydrogens is 441 g/mol. The maximum atomic E-state index is 13.3.